The summed E-state index contributed by atoms with van der Waals surface area (Å²) in [5, 5.41) is -0.662. The predicted octanol–water partition coefficient (Wildman–Crippen LogP) is 4.91. The minimum absolute atomic E-state index is 0.101. The highest BCUT2D eigenvalue weighted by Crippen LogP contribution is 2.45. The van der Waals surface area contributed by atoms with Gasteiger partial charge in [-0.15, -0.1) is 11.6 Å². The van der Waals surface area contributed by atoms with Crippen molar-refractivity contribution in [2.45, 2.75) is 9.17 Å². The van der Waals surface area contributed by atoms with Crippen LogP contribution in [0.3, 0.4) is 0 Å². The van der Waals surface area contributed by atoms with Gasteiger partial charge in [0.15, 0.2) is 5.78 Å². The fraction of sp³-hybridized carbons (Fsp3) is 0.300. The van der Waals surface area contributed by atoms with E-state index in [1.165, 1.54) is 0 Å². The number of halogens is 5. The molecule has 1 aromatic rings. The molecule has 1 unspecified atom stereocenters. The summed E-state index contributed by atoms with van der Waals surface area (Å²) < 4.78 is -1.65. The fourth-order valence-corrected chi connectivity index (χ4v) is 2.07. The second-order valence-electron chi connectivity index (χ2n) is 3.05. The Labute approximate surface area is 122 Å². The Morgan fingerprint density at radius 2 is 1.88 bits per heavy atom. The Morgan fingerprint density at radius 1 is 1.31 bits per heavy atom. The van der Waals surface area contributed by atoms with Crippen LogP contribution in [0, 0.1) is 0 Å². The van der Waals surface area contributed by atoms with Gasteiger partial charge in [0.1, 0.15) is 5.38 Å². The second kappa shape index (κ2) is 5.92. The molecule has 0 N–H and O–H groups in total. The number of carbonyl (C=O) groups excluding carboxylic acids is 1. The summed E-state index contributed by atoms with van der Waals surface area (Å²) in [5.74, 6) is -0.101. The van der Waals surface area contributed by atoms with Gasteiger partial charge in [-0.25, -0.2) is 0 Å². The molecule has 0 aliphatic heterocycles. The molecular weight excluding hydrogens is 358 g/mol. The monoisotopic (exact) mass is 362 g/mol. The van der Waals surface area contributed by atoms with E-state index in [-0.39, 0.29) is 11.1 Å². The van der Waals surface area contributed by atoms with Crippen LogP contribution in [-0.4, -0.2) is 14.9 Å². The molecule has 0 fully saturated rings. The Bertz CT molecular complexity index is 389. The lowest BCUT2D eigenvalue weighted by Gasteiger charge is -2.20. The summed E-state index contributed by atoms with van der Waals surface area (Å²) in [6, 6.07) is 6.81. The second-order valence-corrected chi connectivity index (χ2v) is 6.41. The van der Waals surface area contributed by atoms with E-state index in [9.17, 15) is 4.79 Å². The van der Waals surface area contributed by atoms with Gasteiger partial charge in [-0.05, 0) is 5.56 Å². The molecule has 0 saturated carbocycles. The Hall–Kier alpha value is 0.530. The first-order valence-electron chi connectivity index (χ1n) is 4.26. The van der Waals surface area contributed by atoms with Gasteiger partial charge in [-0.2, -0.15) is 0 Å². The van der Waals surface area contributed by atoms with Crippen LogP contribution in [0.15, 0.2) is 24.3 Å². The molecule has 0 radical (unpaired) electrons. The Kier molecular flexibility index (Phi) is 5.40. The zero-order chi connectivity index (χ0) is 12.3. The topological polar surface area (TPSA) is 17.1 Å². The van der Waals surface area contributed by atoms with Gasteiger partial charge < -0.3 is 0 Å². The number of ketones is 1. The zero-order valence-corrected chi connectivity index (χ0v) is 12.5. The first kappa shape index (κ1) is 14.6. The van der Waals surface area contributed by atoms with Crippen LogP contribution in [-0.2, 0) is 0 Å². The van der Waals surface area contributed by atoms with Gasteiger partial charge in [0, 0.05) is 5.56 Å². The van der Waals surface area contributed by atoms with E-state index >= 15 is 0 Å². The van der Waals surface area contributed by atoms with Crippen molar-refractivity contribution in [3.8, 4) is 0 Å². The molecule has 1 aromatic carbocycles. The van der Waals surface area contributed by atoms with E-state index in [1.54, 1.807) is 24.3 Å². The smallest absolute Gasteiger partial charge is 0.210 e. The lowest BCUT2D eigenvalue weighted by atomic mass is 10.0. The number of alkyl halides is 5. The molecule has 0 heterocycles. The van der Waals surface area contributed by atoms with E-state index in [4.69, 9.17) is 46.4 Å². The maximum Gasteiger partial charge on any atom is 0.210 e. The van der Waals surface area contributed by atoms with Crippen molar-refractivity contribution in [2.24, 2.45) is 0 Å². The summed E-state index contributed by atoms with van der Waals surface area (Å²) in [7, 11) is 0. The van der Waals surface area contributed by atoms with E-state index in [1.807, 2.05) is 0 Å². The maximum atomic E-state index is 11.6. The number of carbonyl (C=O) groups is 1. The Morgan fingerprint density at radius 3 is 2.38 bits per heavy atom. The van der Waals surface area contributed by atoms with Gasteiger partial charge in [0.2, 0.25) is 3.79 Å². The molecule has 16 heavy (non-hydrogen) atoms. The van der Waals surface area contributed by atoms with E-state index in [0.717, 1.165) is 0 Å². The number of hydrogen-bond acceptors (Lipinski definition) is 1. The third-order valence-corrected chi connectivity index (χ3v) is 4.00. The molecule has 0 bridgehead atoms. The summed E-state index contributed by atoms with van der Waals surface area (Å²) >= 11 is 26.3. The molecule has 1 atom stereocenters. The van der Waals surface area contributed by atoms with Gasteiger partial charge in [-0.1, -0.05) is 75.0 Å². The largest absolute Gasteiger partial charge is 0.293 e. The standard InChI is InChI=1S/C10H7BrCl4O/c11-5-8(16)6-3-1-2-4-7(6)9(12)10(13,14)15/h1-4,9H,5H2. The summed E-state index contributed by atoms with van der Waals surface area (Å²) in [6.07, 6.45) is 0. The van der Waals surface area contributed by atoms with E-state index < -0.39 is 9.17 Å². The van der Waals surface area contributed by atoms with E-state index in [0.29, 0.717) is 11.1 Å². The van der Waals surface area contributed by atoms with Crippen molar-refractivity contribution in [1.29, 1.82) is 0 Å². The quantitative estimate of drug-likeness (QED) is 0.550. The minimum Gasteiger partial charge on any atom is -0.293 e. The van der Waals surface area contributed by atoms with Crippen molar-refractivity contribution >= 4 is 68.1 Å². The molecule has 1 rings (SSSR count). The molecule has 6 heteroatoms. The van der Waals surface area contributed by atoms with Gasteiger partial charge in [-0.3, -0.25) is 4.79 Å². The lowest BCUT2D eigenvalue weighted by molar-refractivity contribution is 0.102. The normalized spacial score (nSPS) is 13.6. The van der Waals surface area contributed by atoms with Crippen LogP contribution in [0.5, 0.6) is 0 Å². The summed E-state index contributed by atoms with van der Waals surface area (Å²) in [6.45, 7) is 0. The first-order chi connectivity index (χ1) is 7.38. The van der Waals surface area contributed by atoms with E-state index in [2.05, 4.69) is 15.9 Å². The highest BCUT2D eigenvalue weighted by Gasteiger charge is 2.34. The van der Waals surface area contributed by atoms with Crippen molar-refractivity contribution in [3.05, 3.63) is 35.4 Å². The minimum atomic E-state index is -1.65. The third kappa shape index (κ3) is 3.51. The van der Waals surface area contributed by atoms with Crippen molar-refractivity contribution < 1.29 is 4.79 Å². The number of Topliss-reactive ketones (excluding diaryl/α,β-unsaturated/α-hetero) is 1. The van der Waals surface area contributed by atoms with Crippen molar-refractivity contribution in [2.75, 3.05) is 5.33 Å². The molecular formula is C10H7BrCl4O. The first-order valence-corrected chi connectivity index (χ1v) is 6.96. The van der Waals surface area contributed by atoms with Crippen LogP contribution in [0.25, 0.3) is 0 Å². The molecule has 0 aliphatic carbocycles. The number of hydrogen-bond donors (Lipinski definition) is 0. The molecule has 0 amide bonds. The van der Waals surface area contributed by atoms with Crippen LogP contribution < -0.4 is 0 Å². The average molecular weight is 365 g/mol. The fourth-order valence-electron chi connectivity index (χ4n) is 1.22. The highest BCUT2D eigenvalue weighted by molar-refractivity contribution is 9.09. The van der Waals surface area contributed by atoms with Crippen molar-refractivity contribution in [3.63, 3.8) is 0 Å². The third-order valence-electron chi connectivity index (χ3n) is 1.94. The molecule has 88 valence electrons. The van der Waals surface area contributed by atoms with Crippen molar-refractivity contribution in [1.82, 2.24) is 0 Å². The van der Waals surface area contributed by atoms with Crippen LogP contribution in [0.1, 0.15) is 21.3 Å². The van der Waals surface area contributed by atoms with Gasteiger partial charge in [0.05, 0.1) is 5.33 Å². The van der Waals surface area contributed by atoms with Crippen LogP contribution in [0.4, 0.5) is 0 Å². The summed E-state index contributed by atoms with van der Waals surface area (Å²) in [4.78, 5) is 11.6. The van der Waals surface area contributed by atoms with Gasteiger partial charge >= 0.3 is 0 Å². The maximum absolute atomic E-state index is 11.6. The van der Waals surface area contributed by atoms with Crippen LogP contribution >= 0.6 is 62.3 Å². The zero-order valence-electron chi connectivity index (χ0n) is 7.89. The number of benzene rings is 1. The molecule has 1 nitrogen and oxygen atoms in total. The Balaban J connectivity index is 3.18. The molecule has 0 spiro atoms. The SMILES string of the molecule is O=C(CBr)c1ccccc1C(Cl)C(Cl)(Cl)Cl. The molecule has 0 aromatic heterocycles. The summed E-state index contributed by atoms with van der Waals surface area (Å²) in [5.41, 5.74) is 0.985. The molecule has 0 aliphatic rings. The van der Waals surface area contributed by atoms with Gasteiger partial charge in [0.25, 0.3) is 0 Å². The molecule has 0 saturated heterocycles. The average Bonchev–Trinajstić information content (AvgIpc) is 2.25. The number of rotatable bonds is 3. The predicted molar refractivity (Wildman–Crippen MR) is 73.5 cm³/mol. The van der Waals surface area contributed by atoms with Crippen LogP contribution in [0.2, 0.25) is 0 Å². The highest BCUT2D eigenvalue weighted by atomic mass is 79.9. The lowest BCUT2D eigenvalue weighted by Crippen LogP contribution is -2.15.